The van der Waals surface area contributed by atoms with Gasteiger partial charge < -0.3 is 15.0 Å². The minimum absolute atomic E-state index is 0.0637. The van der Waals surface area contributed by atoms with E-state index in [4.69, 9.17) is 4.74 Å². The molecule has 1 unspecified atom stereocenters. The number of amides is 2. The van der Waals surface area contributed by atoms with Gasteiger partial charge in [-0.25, -0.2) is 9.48 Å². The molecule has 142 valence electrons. The average molecular weight is 369 g/mol. The summed E-state index contributed by atoms with van der Waals surface area (Å²) in [5, 5.41) is 7.38. The molecule has 0 saturated carbocycles. The van der Waals surface area contributed by atoms with E-state index in [1.54, 1.807) is 23.4 Å². The van der Waals surface area contributed by atoms with E-state index in [0.717, 1.165) is 25.0 Å². The predicted octanol–water partition coefficient (Wildman–Crippen LogP) is 1.13. The number of ether oxygens (including phenoxy) is 1. The molecular weight excluding hydrogens is 346 g/mol. The highest BCUT2D eigenvalue weighted by atomic mass is 16.5. The van der Waals surface area contributed by atoms with E-state index < -0.39 is 0 Å². The van der Waals surface area contributed by atoms with Crippen LogP contribution in [-0.4, -0.2) is 58.0 Å². The summed E-state index contributed by atoms with van der Waals surface area (Å²) >= 11 is 0. The van der Waals surface area contributed by atoms with Gasteiger partial charge in [0.05, 0.1) is 18.3 Å². The fourth-order valence-corrected chi connectivity index (χ4v) is 3.46. The number of carbonyl (C=O) groups is 1. The van der Waals surface area contributed by atoms with E-state index in [9.17, 15) is 9.59 Å². The van der Waals surface area contributed by atoms with Crippen LogP contribution >= 0.6 is 0 Å². The maximum Gasteiger partial charge on any atom is 0.317 e. The molecule has 1 atom stereocenters. The van der Waals surface area contributed by atoms with Gasteiger partial charge in [0.15, 0.2) is 0 Å². The fraction of sp³-hybridized carbons (Fsp3) is 0.474. The molecule has 1 N–H and O–H groups in total. The number of hydrogen-bond donors (Lipinski definition) is 1. The first-order valence-electron chi connectivity index (χ1n) is 9.32. The second-order valence-electron chi connectivity index (χ2n) is 7.07. The molecule has 0 radical (unpaired) electrons. The zero-order valence-electron chi connectivity index (χ0n) is 15.1. The molecule has 8 heteroatoms. The van der Waals surface area contributed by atoms with Crippen LogP contribution in [0.5, 0.6) is 0 Å². The number of hydrogen-bond acceptors (Lipinski definition) is 5. The van der Waals surface area contributed by atoms with Crippen molar-refractivity contribution in [2.45, 2.75) is 25.5 Å². The SMILES string of the molecule is O=C(NCC1CCCO1)N1CC(Cn2nc(-c3cccnc3)ccc2=O)C1. The van der Waals surface area contributed by atoms with Crippen LogP contribution in [0.4, 0.5) is 4.79 Å². The Hall–Kier alpha value is -2.74. The van der Waals surface area contributed by atoms with Crippen molar-refractivity contribution < 1.29 is 9.53 Å². The highest BCUT2D eigenvalue weighted by molar-refractivity contribution is 5.75. The first-order chi connectivity index (χ1) is 13.2. The van der Waals surface area contributed by atoms with Gasteiger partial charge in [-0.1, -0.05) is 0 Å². The number of pyridine rings is 1. The first kappa shape index (κ1) is 17.7. The smallest absolute Gasteiger partial charge is 0.317 e. The van der Waals surface area contributed by atoms with E-state index in [0.29, 0.717) is 31.9 Å². The van der Waals surface area contributed by atoms with Gasteiger partial charge in [0.25, 0.3) is 5.56 Å². The van der Waals surface area contributed by atoms with E-state index in [1.165, 1.54) is 10.7 Å². The summed E-state index contributed by atoms with van der Waals surface area (Å²) in [5.41, 5.74) is 1.45. The number of nitrogens with zero attached hydrogens (tertiary/aromatic N) is 4. The molecule has 27 heavy (non-hydrogen) atoms. The van der Waals surface area contributed by atoms with Gasteiger partial charge in [-0.3, -0.25) is 9.78 Å². The Kier molecular flexibility index (Phi) is 5.15. The quantitative estimate of drug-likeness (QED) is 0.853. The van der Waals surface area contributed by atoms with Crippen LogP contribution in [0.1, 0.15) is 12.8 Å². The molecule has 2 aromatic heterocycles. The molecule has 2 saturated heterocycles. The third kappa shape index (κ3) is 4.16. The second kappa shape index (κ2) is 7.87. The van der Waals surface area contributed by atoms with Crippen LogP contribution in [0.15, 0.2) is 41.5 Å². The van der Waals surface area contributed by atoms with Crippen molar-refractivity contribution in [2.75, 3.05) is 26.2 Å². The Bertz CT molecular complexity index is 842. The molecule has 8 nitrogen and oxygen atoms in total. The first-order valence-corrected chi connectivity index (χ1v) is 9.32. The van der Waals surface area contributed by atoms with Crippen LogP contribution in [0, 0.1) is 5.92 Å². The van der Waals surface area contributed by atoms with Gasteiger partial charge in [-0.05, 0) is 31.0 Å². The van der Waals surface area contributed by atoms with Gasteiger partial charge in [-0.2, -0.15) is 5.10 Å². The topological polar surface area (TPSA) is 89.3 Å². The molecule has 2 aromatic rings. The molecule has 0 bridgehead atoms. The predicted molar refractivity (Wildman–Crippen MR) is 99.2 cm³/mol. The third-order valence-corrected chi connectivity index (χ3v) is 5.00. The molecule has 0 aliphatic carbocycles. The molecule has 2 aliphatic rings. The minimum atomic E-state index is -0.135. The van der Waals surface area contributed by atoms with Gasteiger partial charge >= 0.3 is 6.03 Å². The zero-order valence-corrected chi connectivity index (χ0v) is 15.1. The summed E-state index contributed by atoms with van der Waals surface area (Å²) in [6.45, 7) is 3.11. The molecule has 4 rings (SSSR count). The molecule has 0 spiro atoms. The Balaban J connectivity index is 1.30. The van der Waals surface area contributed by atoms with E-state index in [2.05, 4.69) is 15.4 Å². The average Bonchev–Trinajstić information content (AvgIpc) is 3.18. The van der Waals surface area contributed by atoms with Crippen LogP contribution in [0.2, 0.25) is 0 Å². The monoisotopic (exact) mass is 369 g/mol. The molecular formula is C19H23N5O3. The van der Waals surface area contributed by atoms with Crippen molar-refractivity contribution in [2.24, 2.45) is 5.92 Å². The molecule has 4 heterocycles. The van der Waals surface area contributed by atoms with E-state index in [-0.39, 0.29) is 23.6 Å². The lowest BCUT2D eigenvalue weighted by molar-refractivity contribution is 0.0914. The van der Waals surface area contributed by atoms with Gasteiger partial charge in [0, 0.05) is 56.2 Å². The van der Waals surface area contributed by atoms with E-state index in [1.807, 2.05) is 12.1 Å². The lowest BCUT2D eigenvalue weighted by Crippen LogP contribution is -2.56. The van der Waals surface area contributed by atoms with Crippen LogP contribution in [0.25, 0.3) is 11.3 Å². The summed E-state index contributed by atoms with van der Waals surface area (Å²) in [6.07, 6.45) is 5.63. The summed E-state index contributed by atoms with van der Waals surface area (Å²) in [6, 6.07) is 6.92. The number of likely N-dealkylation sites (tertiary alicyclic amines) is 1. The number of nitrogens with one attached hydrogen (secondary N) is 1. The Labute approximate surface area is 157 Å². The van der Waals surface area contributed by atoms with Crippen molar-refractivity contribution in [1.29, 1.82) is 0 Å². The van der Waals surface area contributed by atoms with Crippen LogP contribution in [-0.2, 0) is 11.3 Å². The normalized spacial score (nSPS) is 19.7. The second-order valence-corrected chi connectivity index (χ2v) is 7.07. The Morgan fingerprint density at radius 3 is 2.93 bits per heavy atom. The Morgan fingerprint density at radius 1 is 1.30 bits per heavy atom. The summed E-state index contributed by atoms with van der Waals surface area (Å²) in [4.78, 5) is 30.1. The lowest BCUT2D eigenvalue weighted by Gasteiger charge is -2.39. The lowest BCUT2D eigenvalue weighted by atomic mass is 10.0. The molecule has 2 amide bonds. The molecule has 2 fully saturated rings. The number of rotatable bonds is 5. The van der Waals surface area contributed by atoms with Crippen molar-refractivity contribution in [3.63, 3.8) is 0 Å². The maximum absolute atomic E-state index is 12.2. The van der Waals surface area contributed by atoms with Crippen molar-refractivity contribution in [1.82, 2.24) is 25.0 Å². The van der Waals surface area contributed by atoms with Crippen LogP contribution < -0.4 is 10.9 Å². The summed E-state index contributed by atoms with van der Waals surface area (Å²) in [5.74, 6) is 0.229. The largest absolute Gasteiger partial charge is 0.376 e. The Morgan fingerprint density at radius 2 is 2.19 bits per heavy atom. The van der Waals surface area contributed by atoms with Gasteiger partial charge in [0.1, 0.15) is 0 Å². The van der Waals surface area contributed by atoms with Crippen molar-refractivity contribution >= 4 is 6.03 Å². The number of urea groups is 1. The minimum Gasteiger partial charge on any atom is -0.376 e. The number of aromatic nitrogens is 3. The fourth-order valence-electron chi connectivity index (χ4n) is 3.46. The third-order valence-electron chi connectivity index (χ3n) is 5.00. The highest BCUT2D eigenvalue weighted by Gasteiger charge is 2.31. The van der Waals surface area contributed by atoms with Crippen LogP contribution in [0.3, 0.4) is 0 Å². The van der Waals surface area contributed by atoms with Gasteiger partial charge in [-0.15, -0.1) is 0 Å². The zero-order chi connectivity index (χ0) is 18.6. The number of carbonyl (C=O) groups excluding carboxylic acids is 1. The highest BCUT2D eigenvalue weighted by Crippen LogP contribution is 2.18. The maximum atomic E-state index is 12.2. The molecule has 0 aromatic carbocycles. The summed E-state index contributed by atoms with van der Waals surface area (Å²) in [7, 11) is 0. The van der Waals surface area contributed by atoms with E-state index >= 15 is 0 Å². The summed E-state index contributed by atoms with van der Waals surface area (Å²) < 4.78 is 6.99. The standard InChI is InChI=1S/C19H23N5O3/c25-18-6-5-17(15-3-1-7-20-9-15)22-24(18)13-14-11-23(12-14)19(26)21-10-16-4-2-8-27-16/h1,3,5-7,9,14,16H,2,4,8,10-13H2,(H,21,26). The van der Waals surface area contributed by atoms with Crippen molar-refractivity contribution in [3.8, 4) is 11.3 Å². The van der Waals surface area contributed by atoms with Gasteiger partial charge in [0.2, 0.25) is 0 Å². The van der Waals surface area contributed by atoms with Crippen molar-refractivity contribution in [3.05, 3.63) is 47.0 Å². The molecule has 2 aliphatic heterocycles.